The van der Waals surface area contributed by atoms with Crippen LogP contribution in [0.25, 0.3) is 11.3 Å². The Bertz CT molecular complexity index is 1410. The number of aromatic nitrogens is 1. The van der Waals surface area contributed by atoms with Crippen LogP contribution in [0.3, 0.4) is 0 Å². The minimum absolute atomic E-state index is 0.195. The van der Waals surface area contributed by atoms with E-state index in [4.69, 9.17) is 21.1 Å². The Labute approximate surface area is 244 Å². The van der Waals surface area contributed by atoms with Gasteiger partial charge in [0.2, 0.25) is 0 Å². The summed E-state index contributed by atoms with van der Waals surface area (Å²) in [6.45, 7) is 0.385. The summed E-state index contributed by atoms with van der Waals surface area (Å²) in [5, 5.41) is 6.71. The third kappa shape index (κ3) is 8.05. The molecule has 1 amide bonds. The maximum Gasteiger partial charge on any atom is 0.250 e. The van der Waals surface area contributed by atoms with Crippen LogP contribution >= 0.6 is 66.6 Å². The molecule has 0 aliphatic rings. The number of benzene rings is 3. The molecule has 0 spiro atoms. The van der Waals surface area contributed by atoms with Crippen molar-refractivity contribution >= 4 is 78.7 Å². The van der Waals surface area contributed by atoms with Gasteiger partial charge in [0.15, 0.2) is 15.8 Å². The first-order chi connectivity index (χ1) is 17.9. The van der Waals surface area contributed by atoms with E-state index in [0.29, 0.717) is 27.6 Å². The first-order valence-corrected chi connectivity index (χ1v) is 14.6. The predicted octanol–water partition coefficient (Wildman–Crippen LogP) is 7.82. The van der Waals surface area contributed by atoms with Gasteiger partial charge in [-0.15, -0.1) is 11.3 Å². The number of thioether (sulfide) groups is 1. The van der Waals surface area contributed by atoms with Crippen LogP contribution in [-0.2, 0) is 11.4 Å². The fraction of sp³-hybridized carbons (Fsp3) is 0.115. The standard InChI is InChI=1S/C26H20Br2ClN3O3S2/c1-34-23-11-17(10-21(28)25(23)35-13-16-3-2-4-19(27)9-16)12-30-32-24(33)15-37-26-31-22(14-36-26)18-5-7-20(29)8-6-18/h2-12,14H,13,15H2,1H3,(H,32,33)/b30-12+. The van der Waals surface area contributed by atoms with E-state index in [1.54, 1.807) is 19.4 Å². The van der Waals surface area contributed by atoms with Crippen molar-refractivity contribution in [2.45, 2.75) is 10.9 Å². The summed E-state index contributed by atoms with van der Waals surface area (Å²) in [4.78, 5) is 16.8. The van der Waals surface area contributed by atoms with Gasteiger partial charge in [0.1, 0.15) is 6.61 Å². The van der Waals surface area contributed by atoms with Gasteiger partial charge >= 0.3 is 0 Å². The topological polar surface area (TPSA) is 72.8 Å². The van der Waals surface area contributed by atoms with Crippen molar-refractivity contribution in [2.24, 2.45) is 5.10 Å². The van der Waals surface area contributed by atoms with E-state index in [2.05, 4.69) is 47.4 Å². The van der Waals surface area contributed by atoms with Gasteiger partial charge in [0, 0.05) is 20.4 Å². The van der Waals surface area contributed by atoms with E-state index in [9.17, 15) is 4.79 Å². The molecule has 37 heavy (non-hydrogen) atoms. The largest absolute Gasteiger partial charge is 0.493 e. The van der Waals surface area contributed by atoms with Crippen molar-refractivity contribution < 1.29 is 14.3 Å². The van der Waals surface area contributed by atoms with Crippen molar-refractivity contribution in [3.8, 4) is 22.8 Å². The lowest BCUT2D eigenvalue weighted by Crippen LogP contribution is -2.19. The van der Waals surface area contributed by atoms with Crippen LogP contribution in [0.5, 0.6) is 11.5 Å². The lowest BCUT2D eigenvalue weighted by Gasteiger charge is -2.13. The van der Waals surface area contributed by atoms with E-state index < -0.39 is 0 Å². The fourth-order valence-electron chi connectivity index (χ4n) is 3.15. The maximum atomic E-state index is 12.3. The average molecular weight is 682 g/mol. The molecule has 0 radical (unpaired) electrons. The first kappa shape index (κ1) is 27.7. The Morgan fingerprint density at radius 3 is 2.76 bits per heavy atom. The smallest absolute Gasteiger partial charge is 0.250 e. The molecule has 0 atom stereocenters. The number of nitrogens with one attached hydrogen (secondary N) is 1. The number of nitrogens with zero attached hydrogens (tertiary/aromatic N) is 2. The number of amides is 1. The number of hydrogen-bond donors (Lipinski definition) is 1. The summed E-state index contributed by atoms with van der Waals surface area (Å²) in [5.41, 5.74) is 6.14. The van der Waals surface area contributed by atoms with Crippen molar-refractivity contribution in [3.05, 3.63) is 91.1 Å². The van der Waals surface area contributed by atoms with Crippen LogP contribution < -0.4 is 14.9 Å². The number of rotatable bonds is 10. The molecule has 0 bridgehead atoms. The zero-order valence-corrected chi connectivity index (χ0v) is 25.0. The summed E-state index contributed by atoms with van der Waals surface area (Å²) in [6, 6.07) is 19.0. The van der Waals surface area contributed by atoms with Crippen molar-refractivity contribution in [1.29, 1.82) is 0 Å². The molecule has 0 fully saturated rings. The Hall–Kier alpha value is -2.37. The quantitative estimate of drug-likeness (QED) is 0.105. The normalized spacial score (nSPS) is 11.0. The monoisotopic (exact) mass is 679 g/mol. The minimum atomic E-state index is -0.232. The third-order valence-corrected chi connectivity index (χ3v) is 8.23. The molecule has 190 valence electrons. The third-order valence-electron chi connectivity index (χ3n) is 4.88. The molecule has 3 aromatic carbocycles. The minimum Gasteiger partial charge on any atom is -0.493 e. The first-order valence-electron chi connectivity index (χ1n) is 10.8. The van der Waals surface area contributed by atoms with Crippen LogP contribution in [0.15, 0.2) is 84.4 Å². The van der Waals surface area contributed by atoms with Crippen LogP contribution in [-0.4, -0.2) is 30.0 Å². The van der Waals surface area contributed by atoms with Gasteiger partial charge in [-0.05, 0) is 63.5 Å². The van der Waals surface area contributed by atoms with E-state index >= 15 is 0 Å². The van der Waals surface area contributed by atoms with E-state index in [1.165, 1.54) is 23.1 Å². The molecule has 4 aromatic rings. The fourth-order valence-corrected chi connectivity index (χ4v) is 5.93. The number of halogens is 3. The molecule has 1 heterocycles. The average Bonchev–Trinajstić information content (AvgIpc) is 3.36. The second kappa shape index (κ2) is 13.4. The van der Waals surface area contributed by atoms with Gasteiger partial charge in [-0.3, -0.25) is 4.79 Å². The summed E-state index contributed by atoms with van der Waals surface area (Å²) in [6.07, 6.45) is 1.55. The van der Waals surface area contributed by atoms with E-state index in [1.807, 2.05) is 60.0 Å². The van der Waals surface area contributed by atoms with Gasteiger partial charge in [0.05, 0.1) is 29.2 Å². The highest BCUT2D eigenvalue weighted by atomic mass is 79.9. The molecular formula is C26H20Br2ClN3O3S2. The van der Waals surface area contributed by atoms with Gasteiger partial charge in [-0.2, -0.15) is 5.10 Å². The predicted molar refractivity (Wildman–Crippen MR) is 158 cm³/mol. The van der Waals surface area contributed by atoms with Crippen LogP contribution in [0.1, 0.15) is 11.1 Å². The number of hydrogen-bond acceptors (Lipinski definition) is 7. The van der Waals surface area contributed by atoms with Crippen molar-refractivity contribution in [2.75, 3.05) is 12.9 Å². The highest BCUT2D eigenvalue weighted by molar-refractivity contribution is 9.10. The SMILES string of the molecule is COc1cc(/C=N/NC(=O)CSc2nc(-c3ccc(Cl)cc3)cs2)cc(Br)c1OCc1cccc(Br)c1. The number of ether oxygens (including phenoxy) is 2. The van der Waals surface area contributed by atoms with Gasteiger partial charge in [-0.1, -0.05) is 63.6 Å². The Morgan fingerprint density at radius 2 is 2.00 bits per heavy atom. The summed E-state index contributed by atoms with van der Waals surface area (Å²) >= 11 is 15.8. The molecule has 11 heteroatoms. The highest BCUT2D eigenvalue weighted by Crippen LogP contribution is 2.37. The molecule has 4 rings (SSSR count). The Morgan fingerprint density at radius 1 is 1.19 bits per heavy atom. The molecule has 1 aromatic heterocycles. The Balaban J connectivity index is 1.30. The second-order valence-electron chi connectivity index (χ2n) is 7.54. The molecule has 1 N–H and O–H groups in total. The molecule has 0 aliphatic heterocycles. The van der Waals surface area contributed by atoms with Crippen molar-refractivity contribution in [1.82, 2.24) is 10.4 Å². The lowest BCUT2D eigenvalue weighted by molar-refractivity contribution is -0.118. The summed E-state index contributed by atoms with van der Waals surface area (Å²) < 4.78 is 14.0. The number of methoxy groups -OCH3 is 1. The highest BCUT2D eigenvalue weighted by Gasteiger charge is 2.12. The molecule has 0 saturated heterocycles. The number of carbonyl (C=O) groups excluding carboxylic acids is 1. The second-order valence-corrected chi connectivity index (χ2v) is 11.8. The summed E-state index contributed by atoms with van der Waals surface area (Å²) in [5.74, 6) is 1.10. The number of thiazole rings is 1. The summed E-state index contributed by atoms with van der Waals surface area (Å²) in [7, 11) is 1.57. The molecule has 0 unspecified atom stereocenters. The number of carbonyl (C=O) groups is 1. The van der Waals surface area contributed by atoms with Gasteiger partial charge in [-0.25, -0.2) is 10.4 Å². The molecule has 0 saturated carbocycles. The zero-order chi connectivity index (χ0) is 26.2. The Kier molecular flexibility index (Phi) is 10.0. The van der Waals surface area contributed by atoms with Crippen LogP contribution in [0, 0.1) is 0 Å². The van der Waals surface area contributed by atoms with Gasteiger partial charge in [0.25, 0.3) is 5.91 Å². The van der Waals surface area contributed by atoms with Gasteiger partial charge < -0.3 is 9.47 Å². The number of hydrazone groups is 1. The molecular weight excluding hydrogens is 662 g/mol. The lowest BCUT2D eigenvalue weighted by atomic mass is 10.2. The van der Waals surface area contributed by atoms with E-state index in [-0.39, 0.29) is 11.7 Å². The van der Waals surface area contributed by atoms with Crippen molar-refractivity contribution in [3.63, 3.8) is 0 Å². The van der Waals surface area contributed by atoms with E-state index in [0.717, 1.165) is 31.2 Å². The molecule has 0 aliphatic carbocycles. The zero-order valence-electron chi connectivity index (χ0n) is 19.4. The molecule has 6 nitrogen and oxygen atoms in total. The maximum absolute atomic E-state index is 12.3. The van der Waals surface area contributed by atoms with Crippen LogP contribution in [0.4, 0.5) is 0 Å². The van der Waals surface area contributed by atoms with Crippen LogP contribution in [0.2, 0.25) is 5.02 Å².